The van der Waals surface area contributed by atoms with Gasteiger partial charge in [-0.2, -0.15) is 0 Å². The van der Waals surface area contributed by atoms with Gasteiger partial charge in [-0.05, 0) is 51.1 Å². The standard InChI is InChI=1S/C22H29N3O6S/c1-17-6-9-20(10-7-17)32(29,30)24(16-19(26)15-23-12-4-3-5-13-23)21-14-18(25(27)28)8-11-22(21)31-2/h6-11,14,19,26H,3-5,12-13,15-16H2,1-2H3/t19-/m1/s1. The van der Waals surface area contributed by atoms with E-state index in [2.05, 4.69) is 4.90 Å². The molecule has 0 spiro atoms. The summed E-state index contributed by atoms with van der Waals surface area (Å²) in [5, 5.41) is 22.2. The molecule has 2 aromatic rings. The zero-order chi connectivity index (χ0) is 23.3. The number of aliphatic hydroxyl groups is 1. The summed E-state index contributed by atoms with van der Waals surface area (Å²) in [5.41, 5.74) is 0.643. The molecule has 1 aliphatic heterocycles. The number of benzene rings is 2. The van der Waals surface area contributed by atoms with Crippen molar-refractivity contribution in [2.45, 2.75) is 37.2 Å². The first-order valence-corrected chi connectivity index (χ1v) is 12.0. The fourth-order valence-electron chi connectivity index (χ4n) is 3.84. The number of ether oxygens (including phenoxy) is 1. The number of nitro benzene ring substituents is 1. The van der Waals surface area contributed by atoms with Crippen LogP contribution in [-0.2, 0) is 10.0 Å². The van der Waals surface area contributed by atoms with Crippen molar-refractivity contribution in [1.82, 2.24) is 4.90 Å². The summed E-state index contributed by atoms with van der Waals surface area (Å²) in [7, 11) is -2.76. The highest BCUT2D eigenvalue weighted by molar-refractivity contribution is 7.92. The molecular weight excluding hydrogens is 434 g/mol. The molecule has 3 rings (SSSR count). The molecular formula is C22H29N3O6S. The fourth-order valence-corrected chi connectivity index (χ4v) is 5.34. The fraction of sp³-hybridized carbons (Fsp3) is 0.455. The van der Waals surface area contributed by atoms with Gasteiger partial charge in [0, 0.05) is 18.7 Å². The van der Waals surface area contributed by atoms with E-state index >= 15 is 0 Å². The van der Waals surface area contributed by atoms with Gasteiger partial charge in [0.05, 0.1) is 29.6 Å². The number of likely N-dealkylation sites (tertiary alicyclic amines) is 1. The number of aliphatic hydroxyl groups excluding tert-OH is 1. The largest absolute Gasteiger partial charge is 0.495 e. The number of non-ortho nitro benzene ring substituents is 1. The highest BCUT2D eigenvalue weighted by Crippen LogP contribution is 2.36. The smallest absolute Gasteiger partial charge is 0.271 e. The summed E-state index contributed by atoms with van der Waals surface area (Å²) in [5.74, 6) is 0.163. The molecule has 1 N–H and O–H groups in total. The van der Waals surface area contributed by atoms with Crippen molar-refractivity contribution in [2.24, 2.45) is 0 Å². The predicted octanol–water partition coefficient (Wildman–Crippen LogP) is 2.95. The van der Waals surface area contributed by atoms with E-state index in [0.717, 1.165) is 48.3 Å². The number of aryl methyl sites for hydroxylation is 1. The van der Waals surface area contributed by atoms with Gasteiger partial charge in [-0.3, -0.25) is 14.4 Å². The van der Waals surface area contributed by atoms with E-state index in [1.165, 1.54) is 31.4 Å². The molecule has 1 atom stereocenters. The van der Waals surface area contributed by atoms with Gasteiger partial charge in [0.1, 0.15) is 11.4 Å². The molecule has 1 fully saturated rings. The third-order valence-electron chi connectivity index (χ3n) is 5.55. The normalized spacial score (nSPS) is 15.8. The van der Waals surface area contributed by atoms with Gasteiger partial charge in [-0.15, -0.1) is 0 Å². The molecule has 1 heterocycles. The quantitative estimate of drug-likeness (QED) is 0.449. The third kappa shape index (κ3) is 5.56. The van der Waals surface area contributed by atoms with E-state index in [9.17, 15) is 23.6 Å². The molecule has 1 saturated heterocycles. The van der Waals surface area contributed by atoms with Crippen LogP contribution in [0.25, 0.3) is 0 Å². The maximum Gasteiger partial charge on any atom is 0.271 e. The zero-order valence-electron chi connectivity index (χ0n) is 18.3. The number of nitro groups is 1. The lowest BCUT2D eigenvalue weighted by atomic mass is 10.1. The van der Waals surface area contributed by atoms with Crippen LogP contribution in [0.2, 0.25) is 0 Å². The van der Waals surface area contributed by atoms with Crippen LogP contribution < -0.4 is 9.04 Å². The SMILES string of the molecule is COc1ccc([N+](=O)[O-])cc1N(C[C@H](O)CN1CCCCC1)S(=O)(=O)c1ccc(C)cc1. The first kappa shape index (κ1) is 24.0. The Hall–Kier alpha value is -2.69. The molecule has 2 aromatic carbocycles. The van der Waals surface area contributed by atoms with Crippen LogP contribution in [0.4, 0.5) is 11.4 Å². The molecule has 174 valence electrons. The average Bonchev–Trinajstić information content (AvgIpc) is 2.78. The number of rotatable bonds is 9. The first-order chi connectivity index (χ1) is 15.2. The van der Waals surface area contributed by atoms with E-state index in [0.29, 0.717) is 6.54 Å². The second-order valence-corrected chi connectivity index (χ2v) is 9.84. The van der Waals surface area contributed by atoms with Crippen molar-refractivity contribution in [3.63, 3.8) is 0 Å². The third-order valence-corrected chi connectivity index (χ3v) is 7.34. The summed E-state index contributed by atoms with van der Waals surface area (Å²) in [4.78, 5) is 12.9. The predicted molar refractivity (Wildman–Crippen MR) is 122 cm³/mol. The zero-order valence-corrected chi connectivity index (χ0v) is 19.1. The Labute approximate surface area is 188 Å². The molecule has 0 aliphatic carbocycles. The maximum atomic E-state index is 13.6. The number of hydrogen-bond acceptors (Lipinski definition) is 7. The Balaban J connectivity index is 2.02. The van der Waals surface area contributed by atoms with Gasteiger partial charge in [0.15, 0.2) is 0 Å². The lowest BCUT2D eigenvalue weighted by Gasteiger charge is -2.32. The van der Waals surface area contributed by atoms with E-state index in [4.69, 9.17) is 4.74 Å². The van der Waals surface area contributed by atoms with Gasteiger partial charge in [0.25, 0.3) is 15.7 Å². The number of piperidine rings is 1. The van der Waals surface area contributed by atoms with E-state index < -0.39 is 21.1 Å². The van der Waals surface area contributed by atoms with E-state index in [1.54, 1.807) is 12.1 Å². The monoisotopic (exact) mass is 463 g/mol. The van der Waals surface area contributed by atoms with Crippen LogP contribution in [-0.4, -0.2) is 62.7 Å². The van der Waals surface area contributed by atoms with Crippen LogP contribution in [0.15, 0.2) is 47.4 Å². The van der Waals surface area contributed by atoms with Gasteiger partial charge >= 0.3 is 0 Å². The molecule has 0 saturated carbocycles. The Morgan fingerprint density at radius 3 is 2.41 bits per heavy atom. The molecule has 0 bridgehead atoms. The van der Waals surface area contributed by atoms with E-state index in [-0.39, 0.29) is 28.6 Å². The van der Waals surface area contributed by atoms with Crippen molar-refractivity contribution in [3.05, 3.63) is 58.1 Å². The Morgan fingerprint density at radius 1 is 1.16 bits per heavy atom. The Kier molecular flexibility index (Phi) is 7.70. The van der Waals surface area contributed by atoms with Gasteiger partial charge in [0.2, 0.25) is 0 Å². The minimum absolute atomic E-state index is 0.0139. The summed E-state index contributed by atoms with van der Waals surface area (Å²) in [6, 6.07) is 10.1. The molecule has 0 aromatic heterocycles. The van der Waals surface area contributed by atoms with Crippen LogP contribution in [0.5, 0.6) is 5.75 Å². The minimum Gasteiger partial charge on any atom is -0.495 e. The average molecular weight is 464 g/mol. The van der Waals surface area contributed by atoms with Crippen LogP contribution in [0, 0.1) is 17.0 Å². The number of nitrogens with zero attached hydrogens (tertiary/aromatic N) is 3. The number of β-amino-alcohol motifs (C(OH)–C–C–N with tert-alkyl or cyclic N) is 1. The number of sulfonamides is 1. The summed E-state index contributed by atoms with van der Waals surface area (Å²) in [6.07, 6.45) is 2.23. The lowest BCUT2D eigenvalue weighted by molar-refractivity contribution is -0.384. The number of methoxy groups -OCH3 is 1. The highest BCUT2D eigenvalue weighted by atomic mass is 32.2. The molecule has 0 unspecified atom stereocenters. The van der Waals surface area contributed by atoms with E-state index in [1.807, 2.05) is 6.92 Å². The van der Waals surface area contributed by atoms with Crippen molar-refractivity contribution in [3.8, 4) is 5.75 Å². The molecule has 10 heteroatoms. The summed E-state index contributed by atoms with van der Waals surface area (Å²) >= 11 is 0. The molecule has 32 heavy (non-hydrogen) atoms. The Morgan fingerprint density at radius 2 is 1.81 bits per heavy atom. The minimum atomic E-state index is -4.13. The topological polar surface area (TPSA) is 113 Å². The second-order valence-electron chi connectivity index (χ2n) is 7.98. The van der Waals surface area contributed by atoms with Crippen molar-refractivity contribution >= 4 is 21.4 Å². The van der Waals surface area contributed by atoms with Gasteiger partial charge < -0.3 is 14.7 Å². The van der Waals surface area contributed by atoms with Crippen LogP contribution in [0.3, 0.4) is 0 Å². The summed E-state index contributed by atoms with van der Waals surface area (Å²) in [6.45, 7) is 3.60. The van der Waals surface area contributed by atoms with Crippen LogP contribution >= 0.6 is 0 Å². The molecule has 1 aliphatic rings. The highest BCUT2D eigenvalue weighted by Gasteiger charge is 2.31. The second kappa shape index (κ2) is 10.3. The van der Waals surface area contributed by atoms with Gasteiger partial charge in [-0.1, -0.05) is 24.1 Å². The Bertz CT molecular complexity index is 1040. The first-order valence-electron chi connectivity index (χ1n) is 10.5. The molecule has 9 nitrogen and oxygen atoms in total. The maximum absolute atomic E-state index is 13.6. The van der Waals surface area contributed by atoms with Crippen LogP contribution in [0.1, 0.15) is 24.8 Å². The van der Waals surface area contributed by atoms with Crippen molar-refractivity contribution < 1.29 is 23.2 Å². The summed E-state index contributed by atoms with van der Waals surface area (Å²) < 4.78 is 33.5. The van der Waals surface area contributed by atoms with Crippen molar-refractivity contribution in [1.29, 1.82) is 0 Å². The lowest BCUT2D eigenvalue weighted by Crippen LogP contribution is -2.44. The number of anilines is 1. The number of hydrogen-bond donors (Lipinski definition) is 1. The molecule has 0 radical (unpaired) electrons. The van der Waals surface area contributed by atoms with Gasteiger partial charge in [-0.25, -0.2) is 8.42 Å². The molecule has 0 amide bonds. The van der Waals surface area contributed by atoms with Crippen molar-refractivity contribution in [2.75, 3.05) is 37.6 Å².